The van der Waals surface area contributed by atoms with Crippen molar-refractivity contribution in [1.82, 2.24) is 4.90 Å². The van der Waals surface area contributed by atoms with Crippen molar-refractivity contribution in [2.75, 3.05) is 13.1 Å². The fraction of sp³-hybridized carbons (Fsp3) is 0.467. The normalized spacial score (nSPS) is 9.86. The molecule has 0 atom stereocenters. The maximum atomic E-state index is 10.7. The summed E-state index contributed by atoms with van der Waals surface area (Å²) in [7, 11) is 0. The summed E-state index contributed by atoms with van der Waals surface area (Å²) in [6, 6.07) is 2.02. The molecule has 1 aromatic carbocycles. The summed E-state index contributed by atoms with van der Waals surface area (Å²) < 4.78 is 0. The fourth-order valence-electron chi connectivity index (χ4n) is 2.34. The molecule has 5 nitrogen and oxygen atoms in total. The summed E-state index contributed by atoms with van der Waals surface area (Å²) in [5, 5.41) is 21.4. The van der Waals surface area contributed by atoms with Crippen molar-refractivity contribution >= 4 is 11.9 Å². The minimum Gasteiger partial charge on any atom is -0.549 e. The molecule has 0 unspecified atom stereocenters. The van der Waals surface area contributed by atoms with Gasteiger partial charge in [-0.05, 0) is 55.5 Å². The first-order valence-electron chi connectivity index (χ1n) is 6.40. The largest absolute Gasteiger partial charge is 1.00 e. The molecule has 0 aliphatic carbocycles. The number of carbonyl (C=O) groups excluding carboxylic acids is 2. The van der Waals surface area contributed by atoms with E-state index in [1.165, 1.54) is 4.90 Å². The van der Waals surface area contributed by atoms with E-state index in [2.05, 4.69) is 0 Å². The molecule has 0 N–H and O–H groups in total. The number of carboxylic acids is 2. The molecule has 0 fully saturated rings. The summed E-state index contributed by atoms with van der Waals surface area (Å²) in [6.07, 6.45) is 0. The third-order valence-corrected chi connectivity index (χ3v) is 3.60. The molecule has 0 heterocycles. The first-order chi connectivity index (χ1) is 9.22. The van der Waals surface area contributed by atoms with Gasteiger partial charge in [0.1, 0.15) is 0 Å². The Morgan fingerprint density at radius 3 is 1.77 bits per heavy atom. The Morgan fingerprint density at radius 1 is 0.909 bits per heavy atom. The topological polar surface area (TPSA) is 83.5 Å². The zero-order chi connectivity index (χ0) is 15.4. The standard InChI is InChI=1S/C15H21NO4.2K/c1-9-5-10(2)13(12(4)11(9)3)6-16(7-14(17)18)8-15(19)20;;/h5H,6-8H2,1-4H3,(H,17,18)(H,19,20);;/q;2*+1/p-2. The van der Waals surface area contributed by atoms with Crippen LogP contribution in [0.2, 0.25) is 0 Å². The number of carbonyl (C=O) groups is 2. The predicted octanol–water partition coefficient (Wildman–Crippen LogP) is -6.77. The molecule has 0 aliphatic heterocycles. The molecule has 0 saturated heterocycles. The summed E-state index contributed by atoms with van der Waals surface area (Å²) in [4.78, 5) is 22.7. The maximum Gasteiger partial charge on any atom is 1.00 e. The molecule has 0 amide bonds. The van der Waals surface area contributed by atoms with Crippen LogP contribution in [-0.2, 0) is 16.1 Å². The van der Waals surface area contributed by atoms with Crippen LogP contribution < -0.4 is 113 Å². The van der Waals surface area contributed by atoms with Gasteiger partial charge in [-0.3, -0.25) is 4.90 Å². The minimum atomic E-state index is -1.30. The monoisotopic (exact) mass is 355 g/mol. The Hall–Kier alpha value is 1.39. The van der Waals surface area contributed by atoms with Crippen LogP contribution in [0, 0.1) is 27.7 Å². The van der Waals surface area contributed by atoms with Gasteiger partial charge in [-0.2, -0.15) is 0 Å². The van der Waals surface area contributed by atoms with Crippen molar-refractivity contribution in [3.63, 3.8) is 0 Å². The average Bonchev–Trinajstić information content (AvgIpc) is 2.30. The Balaban J connectivity index is 0. The summed E-state index contributed by atoms with van der Waals surface area (Å²) in [6.45, 7) is 7.29. The number of nitrogens with zero attached hydrogens (tertiary/aromatic N) is 1. The van der Waals surface area contributed by atoms with Crippen molar-refractivity contribution in [1.29, 1.82) is 0 Å². The van der Waals surface area contributed by atoms with Crippen molar-refractivity contribution in [2.24, 2.45) is 0 Å². The molecule has 110 valence electrons. The molecule has 0 radical (unpaired) electrons. The van der Waals surface area contributed by atoms with Gasteiger partial charge in [0.05, 0.1) is 11.9 Å². The number of carboxylic acid groups (broad SMARTS) is 2. The van der Waals surface area contributed by atoms with Gasteiger partial charge in [-0.25, -0.2) is 0 Å². The van der Waals surface area contributed by atoms with E-state index in [1.807, 2.05) is 33.8 Å². The zero-order valence-corrected chi connectivity index (χ0v) is 20.5. The molecule has 1 rings (SSSR count). The summed E-state index contributed by atoms with van der Waals surface area (Å²) >= 11 is 0. The Kier molecular flexibility index (Phi) is 13.8. The quantitative estimate of drug-likeness (QED) is 0.474. The van der Waals surface area contributed by atoms with Gasteiger partial charge < -0.3 is 19.8 Å². The third kappa shape index (κ3) is 7.98. The number of hydrogen-bond donors (Lipinski definition) is 0. The van der Waals surface area contributed by atoms with E-state index in [1.54, 1.807) is 0 Å². The molecule has 0 aliphatic rings. The van der Waals surface area contributed by atoms with E-state index in [0.29, 0.717) is 0 Å². The maximum absolute atomic E-state index is 10.7. The van der Waals surface area contributed by atoms with Crippen molar-refractivity contribution in [2.45, 2.75) is 34.2 Å². The minimum absolute atomic E-state index is 0. The second-order valence-electron chi connectivity index (χ2n) is 5.13. The Morgan fingerprint density at radius 2 is 1.36 bits per heavy atom. The van der Waals surface area contributed by atoms with E-state index in [0.717, 1.165) is 27.8 Å². The molecule has 1 aromatic rings. The number of benzene rings is 1. The Bertz CT molecular complexity index is 531. The molecular formula is C15H19K2NO4. The van der Waals surface area contributed by atoms with Crippen LogP contribution in [0.25, 0.3) is 0 Å². The van der Waals surface area contributed by atoms with Crippen LogP contribution in [-0.4, -0.2) is 29.9 Å². The van der Waals surface area contributed by atoms with Crippen LogP contribution in [0.3, 0.4) is 0 Å². The molecule has 0 saturated carbocycles. The van der Waals surface area contributed by atoms with Gasteiger partial charge >= 0.3 is 103 Å². The number of aliphatic carboxylic acids is 2. The number of hydrogen-bond acceptors (Lipinski definition) is 5. The fourth-order valence-corrected chi connectivity index (χ4v) is 2.34. The first-order valence-corrected chi connectivity index (χ1v) is 6.40. The van der Waals surface area contributed by atoms with E-state index >= 15 is 0 Å². The van der Waals surface area contributed by atoms with Crippen molar-refractivity contribution in [3.05, 3.63) is 33.9 Å². The molecule has 0 spiro atoms. The smallest absolute Gasteiger partial charge is 0.549 e. The Labute approximate surface area is 216 Å². The zero-order valence-electron chi connectivity index (χ0n) is 14.3. The van der Waals surface area contributed by atoms with Gasteiger partial charge in [0, 0.05) is 19.6 Å². The second kappa shape index (κ2) is 11.9. The van der Waals surface area contributed by atoms with Crippen molar-refractivity contribution < 1.29 is 123 Å². The SMILES string of the molecule is Cc1cc(C)c(CN(CC(=O)[O-])CC(=O)[O-])c(C)c1C.[K+].[K+]. The van der Waals surface area contributed by atoms with Crippen LogP contribution in [0.1, 0.15) is 27.8 Å². The first kappa shape index (κ1) is 25.6. The van der Waals surface area contributed by atoms with Crippen LogP contribution in [0.4, 0.5) is 0 Å². The summed E-state index contributed by atoms with van der Waals surface area (Å²) in [5.41, 5.74) is 5.33. The third-order valence-electron chi connectivity index (χ3n) is 3.60. The number of rotatable bonds is 6. The van der Waals surface area contributed by atoms with Crippen molar-refractivity contribution in [3.8, 4) is 0 Å². The van der Waals surface area contributed by atoms with Crippen LogP contribution in [0.5, 0.6) is 0 Å². The molecule has 0 bridgehead atoms. The van der Waals surface area contributed by atoms with Gasteiger partial charge in [-0.1, -0.05) is 6.07 Å². The average molecular weight is 356 g/mol. The van der Waals surface area contributed by atoms with Gasteiger partial charge in [0.15, 0.2) is 0 Å². The second-order valence-corrected chi connectivity index (χ2v) is 5.13. The van der Waals surface area contributed by atoms with E-state index in [-0.39, 0.29) is 109 Å². The molecule has 0 aromatic heterocycles. The summed E-state index contributed by atoms with van der Waals surface area (Å²) in [5.74, 6) is -2.60. The molecule has 7 heteroatoms. The van der Waals surface area contributed by atoms with Crippen LogP contribution in [0.15, 0.2) is 6.07 Å². The van der Waals surface area contributed by atoms with Gasteiger partial charge in [-0.15, -0.1) is 0 Å². The van der Waals surface area contributed by atoms with Gasteiger partial charge in [0.25, 0.3) is 0 Å². The van der Waals surface area contributed by atoms with E-state index < -0.39 is 25.0 Å². The van der Waals surface area contributed by atoms with Gasteiger partial charge in [0.2, 0.25) is 0 Å². The molecular weight excluding hydrogens is 336 g/mol. The molecule has 22 heavy (non-hydrogen) atoms. The van der Waals surface area contributed by atoms with Crippen LogP contribution >= 0.6 is 0 Å². The predicted molar refractivity (Wildman–Crippen MR) is 70.7 cm³/mol. The number of aryl methyl sites for hydroxylation is 2. The van der Waals surface area contributed by atoms with E-state index in [9.17, 15) is 19.8 Å². The van der Waals surface area contributed by atoms with E-state index in [4.69, 9.17) is 0 Å².